The Morgan fingerprint density at radius 1 is 1.45 bits per heavy atom. The third-order valence-corrected chi connectivity index (χ3v) is 4.19. The van der Waals surface area contributed by atoms with Crippen LogP contribution in [0, 0.1) is 12.8 Å². The summed E-state index contributed by atoms with van der Waals surface area (Å²) < 4.78 is 4.52. The predicted octanol–water partition coefficient (Wildman–Crippen LogP) is 0.269. The van der Waals surface area contributed by atoms with E-state index in [-0.39, 0.29) is 30.6 Å². The highest BCUT2D eigenvalue weighted by Crippen LogP contribution is 2.27. The smallest absolute Gasteiger partial charge is 0.305 e. The number of ether oxygens (including phenoxy) is 1. The summed E-state index contributed by atoms with van der Waals surface area (Å²) in [4.78, 5) is 36.5. The Morgan fingerprint density at radius 3 is 2.86 bits per heavy atom. The second-order valence-corrected chi connectivity index (χ2v) is 6.14. The van der Waals surface area contributed by atoms with Crippen LogP contribution in [0.3, 0.4) is 0 Å². The number of nitrogens with one attached hydrogen (secondary N) is 1. The summed E-state index contributed by atoms with van der Waals surface area (Å²) in [6.07, 6.45) is 0.941. The van der Waals surface area contributed by atoms with Crippen LogP contribution in [-0.4, -0.2) is 48.2 Å². The molecule has 1 N–H and O–H groups in total. The van der Waals surface area contributed by atoms with E-state index < -0.39 is 5.92 Å². The average Bonchev–Trinajstić information content (AvgIpc) is 3.08. The molecule has 1 fully saturated rings. The standard InChI is InChI=1S/C13H18N4O4S/c1-8-15-16-13(22-8)17-7-9(6-10(17)18)12(20)14-5-3-4-11(19)21-2/h9H,3-7H2,1-2H3,(H,14,20). The van der Waals surface area contributed by atoms with E-state index in [9.17, 15) is 14.4 Å². The molecule has 2 heterocycles. The van der Waals surface area contributed by atoms with Crippen molar-refractivity contribution in [3.63, 3.8) is 0 Å². The van der Waals surface area contributed by atoms with E-state index in [4.69, 9.17) is 0 Å². The first-order valence-electron chi connectivity index (χ1n) is 6.96. The van der Waals surface area contributed by atoms with E-state index in [1.54, 1.807) is 0 Å². The number of carbonyl (C=O) groups is 3. The minimum absolute atomic E-state index is 0.120. The van der Waals surface area contributed by atoms with Gasteiger partial charge < -0.3 is 10.1 Å². The molecule has 2 amide bonds. The Balaban J connectivity index is 1.80. The SMILES string of the molecule is COC(=O)CCCNC(=O)C1CC(=O)N(c2nnc(C)s2)C1. The predicted molar refractivity (Wildman–Crippen MR) is 79.4 cm³/mol. The van der Waals surface area contributed by atoms with Gasteiger partial charge in [-0.25, -0.2) is 0 Å². The van der Waals surface area contributed by atoms with Crippen molar-refractivity contribution in [1.29, 1.82) is 0 Å². The largest absolute Gasteiger partial charge is 0.469 e. The maximum absolute atomic E-state index is 12.0. The van der Waals surface area contributed by atoms with Crippen LogP contribution in [0.4, 0.5) is 5.13 Å². The number of carbonyl (C=O) groups excluding carboxylic acids is 3. The van der Waals surface area contributed by atoms with Crippen LogP contribution in [0.1, 0.15) is 24.3 Å². The average molecular weight is 326 g/mol. The number of hydrogen-bond donors (Lipinski definition) is 1. The van der Waals surface area contributed by atoms with Gasteiger partial charge in [-0.1, -0.05) is 11.3 Å². The van der Waals surface area contributed by atoms with Crippen molar-refractivity contribution < 1.29 is 19.1 Å². The molecular weight excluding hydrogens is 308 g/mol. The second-order valence-electron chi connectivity index (χ2n) is 4.98. The summed E-state index contributed by atoms with van der Waals surface area (Å²) in [5.41, 5.74) is 0. The maximum Gasteiger partial charge on any atom is 0.305 e. The lowest BCUT2D eigenvalue weighted by Crippen LogP contribution is -2.33. The summed E-state index contributed by atoms with van der Waals surface area (Å²) in [6, 6.07) is 0. The summed E-state index contributed by atoms with van der Waals surface area (Å²) in [5.74, 6) is -0.995. The highest BCUT2D eigenvalue weighted by Gasteiger charge is 2.36. The minimum Gasteiger partial charge on any atom is -0.469 e. The van der Waals surface area contributed by atoms with Crippen molar-refractivity contribution in [2.24, 2.45) is 5.92 Å². The molecular formula is C13H18N4O4S. The number of amides is 2. The Labute approximate surface area is 131 Å². The molecule has 120 valence electrons. The number of anilines is 1. The van der Waals surface area contributed by atoms with Crippen molar-refractivity contribution in [3.8, 4) is 0 Å². The highest BCUT2D eigenvalue weighted by molar-refractivity contribution is 7.15. The highest BCUT2D eigenvalue weighted by atomic mass is 32.1. The van der Waals surface area contributed by atoms with Gasteiger partial charge in [0, 0.05) is 25.9 Å². The van der Waals surface area contributed by atoms with Crippen molar-refractivity contribution in [2.45, 2.75) is 26.2 Å². The first-order valence-corrected chi connectivity index (χ1v) is 7.78. The van der Waals surface area contributed by atoms with Crippen LogP contribution in [0.2, 0.25) is 0 Å². The number of rotatable bonds is 6. The molecule has 2 rings (SSSR count). The van der Waals surface area contributed by atoms with E-state index in [2.05, 4.69) is 20.3 Å². The molecule has 0 saturated carbocycles. The molecule has 1 unspecified atom stereocenters. The van der Waals surface area contributed by atoms with Gasteiger partial charge in [0.2, 0.25) is 16.9 Å². The third kappa shape index (κ3) is 4.00. The van der Waals surface area contributed by atoms with E-state index >= 15 is 0 Å². The molecule has 9 heteroatoms. The molecule has 0 bridgehead atoms. The number of hydrogen-bond acceptors (Lipinski definition) is 7. The van der Waals surface area contributed by atoms with Gasteiger partial charge in [-0.2, -0.15) is 0 Å². The third-order valence-electron chi connectivity index (χ3n) is 3.33. The van der Waals surface area contributed by atoms with Gasteiger partial charge in [0.05, 0.1) is 13.0 Å². The fraction of sp³-hybridized carbons (Fsp3) is 0.615. The molecule has 0 aliphatic carbocycles. The van der Waals surface area contributed by atoms with E-state index in [0.29, 0.717) is 24.6 Å². The molecule has 0 spiro atoms. The van der Waals surface area contributed by atoms with E-state index in [1.807, 2.05) is 6.92 Å². The Bertz CT molecular complexity index is 574. The van der Waals surface area contributed by atoms with Crippen molar-refractivity contribution in [3.05, 3.63) is 5.01 Å². The maximum atomic E-state index is 12.0. The number of esters is 1. The molecule has 22 heavy (non-hydrogen) atoms. The Morgan fingerprint density at radius 2 is 2.23 bits per heavy atom. The van der Waals surface area contributed by atoms with Crippen molar-refractivity contribution in [2.75, 3.05) is 25.1 Å². The molecule has 1 aromatic heterocycles. The van der Waals surface area contributed by atoms with Crippen molar-refractivity contribution in [1.82, 2.24) is 15.5 Å². The Hall–Kier alpha value is -2.03. The second kappa shape index (κ2) is 7.30. The first kappa shape index (κ1) is 16.3. The van der Waals surface area contributed by atoms with Gasteiger partial charge in [0.25, 0.3) is 0 Å². The number of aromatic nitrogens is 2. The summed E-state index contributed by atoms with van der Waals surface area (Å²) >= 11 is 1.33. The van der Waals surface area contributed by atoms with Crippen LogP contribution < -0.4 is 10.2 Å². The molecule has 8 nitrogen and oxygen atoms in total. The molecule has 1 saturated heterocycles. The van der Waals surface area contributed by atoms with Crippen LogP contribution in [0.15, 0.2) is 0 Å². The van der Waals surface area contributed by atoms with Crippen LogP contribution in [-0.2, 0) is 19.1 Å². The van der Waals surface area contributed by atoms with Gasteiger partial charge in [-0.05, 0) is 13.3 Å². The zero-order valence-electron chi connectivity index (χ0n) is 12.5. The topological polar surface area (TPSA) is 101 Å². The monoisotopic (exact) mass is 326 g/mol. The zero-order chi connectivity index (χ0) is 16.1. The summed E-state index contributed by atoms with van der Waals surface area (Å²) in [6.45, 7) is 2.51. The zero-order valence-corrected chi connectivity index (χ0v) is 13.3. The quantitative estimate of drug-likeness (QED) is 0.595. The summed E-state index contributed by atoms with van der Waals surface area (Å²) in [5, 5.41) is 11.9. The van der Waals surface area contributed by atoms with Gasteiger partial charge in [0.1, 0.15) is 5.01 Å². The number of nitrogens with zero attached hydrogens (tertiary/aromatic N) is 3. The first-order chi connectivity index (χ1) is 10.5. The van der Waals surface area contributed by atoms with Crippen LogP contribution in [0.25, 0.3) is 0 Å². The lowest BCUT2D eigenvalue weighted by Gasteiger charge is -2.12. The van der Waals surface area contributed by atoms with Gasteiger partial charge in [0.15, 0.2) is 0 Å². The lowest BCUT2D eigenvalue weighted by atomic mass is 10.1. The molecule has 1 atom stereocenters. The molecule has 1 aliphatic rings. The van der Waals surface area contributed by atoms with Crippen LogP contribution >= 0.6 is 11.3 Å². The lowest BCUT2D eigenvalue weighted by molar-refractivity contribution is -0.140. The van der Waals surface area contributed by atoms with Gasteiger partial charge in [-0.15, -0.1) is 10.2 Å². The molecule has 0 aromatic carbocycles. The minimum atomic E-state index is -0.394. The molecule has 1 aromatic rings. The normalized spacial score (nSPS) is 17.6. The van der Waals surface area contributed by atoms with Crippen molar-refractivity contribution >= 4 is 34.3 Å². The molecule has 1 aliphatic heterocycles. The Kier molecular flexibility index (Phi) is 5.42. The van der Waals surface area contributed by atoms with Gasteiger partial charge >= 0.3 is 5.97 Å². The fourth-order valence-electron chi connectivity index (χ4n) is 2.15. The van der Waals surface area contributed by atoms with Gasteiger partial charge in [-0.3, -0.25) is 19.3 Å². The van der Waals surface area contributed by atoms with E-state index in [0.717, 1.165) is 5.01 Å². The number of methoxy groups -OCH3 is 1. The van der Waals surface area contributed by atoms with Crippen LogP contribution in [0.5, 0.6) is 0 Å². The number of aryl methyl sites for hydroxylation is 1. The summed E-state index contributed by atoms with van der Waals surface area (Å²) in [7, 11) is 1.33. The van der Waals surface area contributed by atoms with E-state index in [1.165, 1.54) is 23.3 Å². The molecule has 0 radical (unpaired) electrons. The fourth-order valence-corrected chi connectivity index (χ4v) is 2.87.